The van der Waals surface area contributed by atoms with Gasteiger partial charge in [-0.3, -0.25) is 10.1 Å². The number of pyridine rings is 1. The lowest BCUT2D eigenvalue weighted by atomic mass is 10.2. The molecule has 0 radical (unpaired) electrons. The summed E-state index contributed by atoms with van der Waals surface area (Å²) >= 11 is 0. The first-order valence-corrected chi connectivity index (χ1v) is 5.87. The van der Waals surface area contributed by atoms with Crippen molar-refractivity contribution in [2.75, 3.05) is 5.32 Å². The van der Waals surface area contributed by atoms with Crippen LogP contribution in [-0.2, 0) is 6.54 Å². The van der Waals surface area contributed by atoms with Crippen LogP contribution >= 0.6 is 0 Å². The molecule has 0 fully saturated rings. The van der Waals surface area contributed by atoms with Crippen molar-refractivity contribution in [3.63, 3.8) is 0 Å². The molecule has 20 heavy (non-hydrogen) atoms. The largest absolute Gasteiger partial charge is 0.360 e. The molecule has 2 aromatic heterocycles. The second-order valence-corrected chi connectivity index (χ2v) is 4.23. The Morgan fingerprint density at radius 2 is 2.40 bits per heavy atom. The summed E-state index contributed by atoms with van der Waals surface area (Å²) in [4.78, 5) is 18.3. The number of nitrogens with zero attached hydrogens (tertiary/aromatic N) is 5. The van der Waals surface area contributed by atoms with E-state index in [0.717, 1.165) is 0 Å². The molecule has 1 N–H and O–H groups in total. The smallest absolute Gasteiger partial charge is 0.328 e. The van der Waals surface area contributed by atoms with Crippen LogP contribution in [0.1, 0.15) is 12.5 Å². The number of imidazole rings is 1. The summed E-state index contributed by atoms with van der Waals surface area (Å²) < 4.78 is 1.84. The van der Waals surface area contributed by atoms with Crippen molar-refractivity contribution in [2.24, 2.45) is 0 Å². The minimum absolute atomic E-state index is 0.0117. The number of nitrogens with one attached hydrogen (secondary N) is 1. The number of aromatic nitrogens is 3. The molecule has 2 rings (SSSR count). The predicted octanol–water partition coefficient (Wildman–Crippen LogP) is 1.56. The molecule has 0 aromatic carbocycles. The van der Waals surface area contributed by atoms with Crippen LogP contribution in [0.2, 0.25) is 0 Å². The van der Waals surface area contributed by atoms with E-state index in [9.17, 15) is 10.1 Å². The highest BCUT2D eigenvalue weighted by Crippen LogP contribution is 2.26. The zero-order chi connectivity index (χ0) is 14.5. The van der Waals surface area contributed by atoms with Crippen LogP contribution in [0.15, 0.2) is 31.0 Å². The molecular formula is C12H12N6O2. The molecule has 0 amide bonds. The van der Waals surface area contributed by atoms with Crippen LogP contribution in [0.4, 0.5) is 11.5 Å². The molecule has 0 bridgehead atoms. The maximum atomic E-state index is 11.1. The van der Waals surface area contributed by atoms with Crippen LogP contribution in [-0.4, -0.2) is 25.5 Å². The van der Waals surface area contributed by atoms with Gasteiger partial charge < -0.3 is 9.88 Å². The van der Waals surface area contributed by atoms with Gasteiger partial charge in [0.1, 0.15) is 11.6 Å². The Labute approximate surface area is 114 Å². The average Bonchev–Trinajstić information content (AvgIpc) is 2.90. The van der Waals surface area contributed by atoms with Gasteiger partial charge in [0, 0.05) is 31.2 Å². The Balaban J connectivity index is 2.21. The molecule has 2 heterocycles. The van der Waals surface area contributed by atoms with Gasteiger partial charge in [-0.25, -0.2) is 9.97 Å². The fourth-order valence-corrected chi connectivity index (χ4v) is 1.82. The minimum atomic E-state index is -0.599. The molecule has 8 nitrogen and oxygen atoms in total. The van der Waals surface area contributed by atoms with Crippen molar-refractivity contribution in [3.8, 4) is 6.07 Å². The minimum Gasteiger partial charge on any atom is -0.360 e. The van der Waals surface area contributed by atoms with Gasteiger partial charge in [-0.1, -0.05) is 0 Å². The second kappa shape index (κ2) is 5.79. The van der Waals surface area contributed by atoms with Crippen LogP contribution in [0.3, 0.4) is 0 Å². The molecule has 1 unspecified atom stereocenters. The maximum Gasteiger partial charge on any atom is 0.328 e. The standard InChI is InChI=1S/C12H12N6O2/c1-9(7-17-5-4-14-8-17)16-12-11(18(19)20)10(6-13)2-3-15-12/h2-5,8-9H,7H2,1H3,(H,15,16). The molecule has 0 aliphatic rings. The van der Waals surface area contributed by atoms with Crippen molar-refractivity contribution in [1.82, 2.24) is 14.5 Å². The van der Waals surface area contributed by atoms with Gasteiger partial charge in [0.05, 0.1) is 11.3 Å². The molecular weight excluding hydrogens is 260 g/mol. The summed E-state index contributed by atoms with van der Waals surface area (Å²) in [7, 11) is 0. The van der Waals surface area contributed by atoms with Gasteiger partial charge in [0.2, 0.25) is 5.82 Å². The molecule has 0 aliphatic carbocycles. The summed E-state index contributed by atoms with van der Waals surface area (Å²) in [6.45, 7) is 2.44. The highest BCUT2D eigenvalue weighted by Gasteiger charge is 2.22. The van der Waals surface area contributed by atoms with Gasteiger partial charge in [0.15, 0.2) is 0 Å². The van der Waals surface area contributed by atoms with Crippen LogP contribution < -0.4 is 5.32 Å². The fraction of sp³-hybridized carbons (Fsp3) is 0.250. The van der Waals surface area contributed by atoms with Gasteiger partial charge in [-0.15, -0.1) is 0 Å². The first kappa shape index (κ1) is 13.5. The molecule has 1 atom stereocenters. The van der Waals surface area contributed by atoms with E-state index in [2.05, 4.69) is 15.3 Å². The summed E-state index contributed by atoms with van der Waals surface area (Å²) in [5.74, 6) is 0.0988. The molecule has 0 saturated carbocycles. The van der Waals surface area contributed by atoms with Crippen molar-refractivity contribution >= 4 is 11.5 Å². The third-order valence-electron chi connectivity index (χ3n) is 2.65. The van der Waals surface area contributed by atoms with Crippen LogP contribution in [0.5, 0.6) is 0 Å². The molecule has 0 spiro atoms. The number of hydrogen-bond donors (Lipinski definition) is 1. The molecule has 0 aliphatic heterocycles. The van der Waals surface area contributed by atoms with Gasteiger partial charge in [0.25, 0.3) is 0 Å². The van der Waals surface area contributed by atoms with E-state index in [0.29, 0.717) is 6.54 Å². The maximum absolute atomic E-state index is 11.1. The number of anilines is 1. The van der Waals surface area contributed by atoms with Crippen LogP contribution in [0, 0.1) is 21.4 Å². The number of hydrogen-bond acceptors (Lipinski definition) is 6. The summed E-state index contributed by atoms with van der Waals surface area (Å²) in [5, 5.41) is 22.9. The Morgan fingerprint density at radius 3 is 3.00 bits per heavy atom. The van der Waals surface area contributed by atoms with E-state index >= 15 is 0 Å². The van der Waals surface area contributed by atoms with E-state index < -0.39 is 4.92 Å². The van der Waals surface area contributed by atoms with E-state index in [-0.39, 0.29) is 23.1 Å². The first-order chi connectivity index (χ1) is 9.61. The summed E-state index contributed by atoms with van der Waals surface area (Å²) in [6, 6.07) is 3.02. The average molecular weight is 272 g/mol. The highest BCUT2D eigenvalue weighted by molar-refractivity contribution is 5.64. The topological polar surface area (TPSA) is 110 Å². The monoisotopic (exact) mass is 272 g/mol. The lowest BCUT2D eigenvalue weighted by Crippen LogP contribution is -2.22. The quantitative estimate of drug-likeness (QED) is 0.653. The zero-order valence-corrected chi connectivity index (χ0v) is 10.7. The van der Waals surface area contributed by atoms with Crippen molar-refractivity contribution in [2.45, 2.75) is 19.5 Å². The van der Waals surface area contributed by atoms with Crippen molar-refractivity contribution in [1.29, 1.82) is 5.26 Å². The number of nitro groups is 1. The van der Waals surface area contributed by atoms with E-state index in [1.54, 1.807) is 24.8 Å². The van der Waals surface area contributed by atoms with Crippen LogP contribution in [0.25, 0.3) is 0 Å². The lowest BCUT2D eigenvalue weighted by molar-refractivity contribution is -0.384. The van der Waals surface area contributed by atoms with Crippen molar-refractivity contribution < 1.29 is 4.92 Å². The third kappa shape index (κ3) is 2.89. The predicted molar refractivity (Wildman–Crippen MR) is 70.9 cm³/mol. The normalized spacial score (nSPS) is 11.6. The first-order valence-electron chi connectivity index (χ1n) is 5.87. The third-order valence-corrected chi connectivity index (χ3v) is 2.65. The number of rotatable bonds is 5. The molecule has 0 saturated heterocycles. The van der Waals surface area contributed by atoms with Gasteiger partial charge >= 0.3 is 5.69 Å². The Kier molecular flexibility index (Phi) is 3.91. The number of nitriles is 1. The fourth-order valence-electron chi connectivity index (χ4n) is 1.82. The summed E-state index contributed by atoms with van der Waals surface area (Å²) in [5.41, 5.74) is -0.310. The highest BCUT2D eigenvalue weighted by atomic mass is 16.6. The van der Waals surface area contributed by atoms with Gasteiger partial charge in [-0.05, 0) is 13.0 Å². The molecule has 2 aromatic rings. The zero-order valence-electron chi connectivity index (χ0n) is 10.7. The Bertz CT molecular complexity index is 646. The van der Waals surface area contributed by atoms with Crippen molar-refractivity contribution in [3.05, 3.63) is 46.7 Å². The second-order valence-electron chi connectivity index (χ2n) is 4.23. The van der Waals surface area contributed by atoms with E-state index in [1.165, 1.54) is 12.3 Å². The van der Waals surface area contributed by atoms with E-state index in [1.807, 2.05) is 11.5 Å². The summed E-state index contributed by atoms with van der Waals surface area (Å²) in [6.07, 6.45) is 6.49. The lowest BCUT2D eigenvalue weighted by Gasteiger charge is -2.15. The van der Waals surface area contributed by atoms with E-state index in [4.69, 9.17) is 5.26 Å². The SMILES string of the molecule is CC(Cn1ccnc1)Nc1nccc(C#N)c1[N+](=O)[O-]. The molecule has 102 valence electrons. The Morgan fingerprint density at radius 1 is 1.60 bits per heavy atom. The molecule has 8 heteroatoms. The Hall–Kier alpha value is -2.95. The van der Waals surface area contributed by atoms with Gasteiger partial charge in [-0.2, -0.15) is 5.26 Å².